The van der Waals surface area contributed by atoms with Crippen molar-refractivity contribution < 1.29 is 9.53 Å². The maximum Gasteiger partial charge on any atom is 0.317 e. The number of hydrogen-bond acceptors (Lipinski definition) is 3. The van der Waals surface area contributed by atoms with Gasteiger partial charge in [0.05, 0.1) is 7.11 Å². The van der Waals surface area contributed by atoms with Crippen molar-refractivity contribution in [2.45, 2.75) is 43.6 Å². The molecule has 2 amide bonds. The average molecular weight is 343 g/mol. The van der Waals surface area contributed by atoms with Crippen LogP contribution in [0.2, 0.25) is 0 Å². The highest BCUT2D eigenvalue weighted by Gasteiger charge is 2.46. The number of para-hydroxylation sites is 1. The van der Waals surface area contributed by atoms with Gasteiger partial charge in [-0.15, -0.1) is 0 Å². The number of hydrogen-bond donors (Lipinski definition) is 1. The topological polar surface area (TPSA) is 44.8 Å². The third-order valence-corrected chi connectivity index (χ3v) is 6.22. The van der Waals surface area contributed by atoms with Crippen LogP contribution in [0.25, 0.3) is 0 Å². The predicted molar refractivity (Wildman–Crippen MR) is 98.1 cm³/mol. The summed E-state index contributed by atoms with van der Waals surface area (Å²) in [7, 11) is 1.72. The van der Waals surface area contributed by atoms with E-state index in [4.69, 9.17) is 4.74 Å². The van der Waals surface area contributed by atoms with Gasteiger partial charge in [0.15, 0.2) is 0 Å². The standard InChI is InChI=1S/C20H29N3O2/c1-25-18-7-3-2-6-17(18)20(9-10-20)15-21-19(24)23-13-8-16(14-23)22-11-4-5-12-22/h2-3,6-7,16H,4-5,8-15H2,1H3,(H,21,24). The average Bonchev–Trinajstić information content (AvgIpc) is 3.05. The second kappa shape index (κ2) is 6.87. The highest BCUT2D eigenvalue weighted by Crippen LogP contribution is 2.50. The van der Waals surface area contributed by atoms with E-state index < -0.39 is 0 Å². The van der Waals surface area contributed by atoms with Gasteiger partial charge in [0.1, 0.15) is 5.75 Å². The molecule has 136 valence electrons. The molecule has 1 aliphatic carbocycles. The number of benzene rings is 1. The summed E-state index contributed by atoms with van der Waals surface area (Å²) >= 11 is 0. The number of likely N-dealkylation sites (tertiary alicyclic amines) is 2. The third kappa shape index (κ3) is 3.34. The molecule has 1 aromatic rings. The molecule has 2 saturated heterocycles. The molecule has 4 rings (SSSR count). The maximum absolute atomic E-state index is 12.6. The lowest BCUT2D eigenvalue weighted by atomic mass is 9.95. The van der Waals surface area contributed by atoms with Crippen LogP contribution in [0.3, 0.4) is 0 Å². The molecular formula is C20H29N3O2. The van der Waals surface area contributed by atoms with Crippen molar-refractivity contribution in [3.05, 3.63) is 29.8 Å². The third-order valence-electron chi connectivity index (χ3n) is 6.22. The fraction of sp³-hybridized carbons (Fsp3) is 0.650. The molecule has 2 aliphatic heterocycles. The SMILES string of the molecule is COc1ccccc1C1(CNC(=O)N2CCC(N3CCCC3)C2)CC1. The Morgan fingerprint density at radius 3 is 2.72 bits per heavy atom. The van der Waals surface area contributed by atoms with Gasteiger partial charge in [0.25, 0.3) is 0 Å². The van der Waals surface area contributed by atoms with Gasteiger partial charge in [-0.25, -0.2) is 4.79 Å². The number of methoxy groups -OCH3 is 1. The van der Waals surface area contributed by atoms with Gasteiger partial charge in [-0.2, -0.15) is 0 Å². The zero-order valence-electron chi connectivity index (χ0n) is 15.2. The molecule has 0 radical (unpaired) electrons. The first-order chi connectivity index (χ1) is 12.2. The summed E-state index contributed by atoms with van der Waals surface area (Å²) in [5, 5.41) is 3.20. The molecule has 3 aliphatic rings. The zero-order chi connectivity index (χ0) is 17.3. The molecule has 1 N–H and O–H groups in total. The molecule has 3 fully saturated rings. The van der Waals surface area contributed by atoms with E-state index >= 15 is 0 Å². The van der Waals surface area contributed by atoms with E-state index in [-0.39, 0.29) is 11.4 Å². The van der Waals surface area contributed by atoms with Crippen molar-refractivity contribution in [3.63, 3.8) is 0 Å². The minimum Gasteiger partial charge on any atom is -0.496 e. The smallest absolute Gasteiger partial charge is 0.317 e. The summed E-state index contributed by atoms with van der Waals surface area (Å²) in [6.07, 6.45) is 5.97. The van der Waals surface area contributed by atoms with Gasteiger partial charge in [-0.3, -0.25) is 4.90 Å². The van der Waals surface area contributed by atoms with Gasteiger partial charge in [0, 0.05) is 36.7 Å². The van der Waals surface area contributed by atoms with Crippen LogP contribution in [0.1, 0.15) is 37.7 Å². The monoisotopic (exact) mass is 343 g/mol. The number of nitrogens with zero attached hydrogens (tertiary/aromatic N) is 2. The van der Waals surface area contributed by atoms with Crippen LogP contribution in [-0.2, 0) is 5.41 Å². The van der Waals surface area contributed by atoms with E-state index in [0.717, 1.165) is 38.1 Å². The summed E-state index contributed by atoms with van der Waals surface area (Å²) in [5.74, 6) is 0.935. The van der Waals surface area contributed by atoms with E-state index in [1.165, 1.54) is 31.5 Å². The second-order valence-electron chi connectivity index (χ2n) is 7.77. The van der Waals surface area contributed by atoms with Crippen molar-refractivity contribution in [3.8, 4) is 5.75 Å². The number of urea groups is 1. The zero-order valence-corrected chi connectivity index (χ0v) is 15.2. The van der Waals surface area contributed by atoms with Crippen molar-refractivity contribution in [2.75, 3.05) is 39.8 Å². The Morgan fingerprint density at radius 2 is 2.00 bits per heavy atom. The summed E-state index contributed by atoms with van der Waals surface area (Å²) in [4.78, 5) is 17.2. The second-order valence-corrected chi connectivity index (χ2v) is 7.77. The predicted octanol–water partition coefficient (Wildman–Crippen LogP) is 2.61. The quantitative estimate of drug-likeness (QED) is 0.894. The Morgan fingerprint density at radius 1 is 1.24 bits per heavy atom. The molecule has 25 heavy (non-hydrogen) atoms. The molecule has 0 bridgehead atoms. The molecule has 1 aromatic carbocycles. The molecular weight excluding hydrogens is 314 g/mol. The normalized spacial score (nSPS) is 25.2. The number of carbonyl (C=O) groups is 1. The molecule has 5 heteroatoms. The lowest BCUT2D eigenvalue weighted by molar-refractivity contribution is 0.197. The van der Waals surface area contributed by atoms with Gasteiger partial charge in [0.2, 0.25) is 0 Å². The summed E-state index contributed by atoms with van der Waals surface area (Å²) in [6.45, 7) is 4.88. The Balaban J connectivity index is 1.33. The van der Waals surface area contributed by atoms with E-state index in [0.29, 0.717) is 12.6 Å². The number of amides is 2. The molecule has 2 heterocycles. The van der Waals surface area contributed by atoms with Crippen LogP contribution in [-0.4, -0.2) is 61.7 Å². The van der Waals surface area contributed by atoms with Crippen LogP contribution in [0.15, 0.2) is 24.3 Å². The lowest BCUT2D eigenvalue weighted by Crippen LogP contribution is -2.43. The van der Waals surface area contributed by atoms with Gasteiger partial charge < -0.3 is 15.0 Å². The van der Waals surface area contributed by atoms with Crippen LogP contribution in [0, 0.1) is 0 Å². The first kappa shape index (κ1) is 16.7. The Labute approximate surface area is 150 Å². The maximum atomic E-state index is 12.6. The lowest BCUT2D eigenvalue weighted by Gasteiger charge is -2.25. The van der Waals surface area contributed by atoms with E-state index in [2.05, 4.69) is 22.3 Å². The van der Waals surface area contributed by atoms with Crippen molar-refractivity contribution in [2.24, 2.45) is 0 Å². The number of ether oxygens (including phenoxy) is 1. The highest BCUT2D eigenvalue weighted by molar-refractivity contribution is 5.75. The molecule has 1 saturated carbocycles. The molecule has 0 spiro atoms. The van der Waals surface area contributed by atoms with Gasteiger partial charge >= 0.3 is 6.03 Å². The summed E-state index contributed by atoms with van der Waals surface area (Å²) < 4.78 is 5.52. The van der Waals surface area contributed by atoms with Crippen LogP contribution in [0.4, 0.5) is 4.79 Å². The van der Waals surface area contributed by atoms with Crippen molar-refractivity contribution >= 4 is 6.03 Å². The van der Waals surface area contributed by atoms with Crippen LogP contribution in [0.5, 0.6) is 5.75 Å². The first-order valence-electron chi connectivity index (χ1n) is 9.62. The van der Waals surface area contributed by atoms with Gasteiger partial charge in [-0.1, -0.05) is 18.2 Å². The fourth-order valence-corrected chi connectivity index (χ4v) is 4.46. The van der Waals surface area contributed by atoms with Crippen LogP contribution >= 0.6 is 0 Å². The van der Waals surface area contributed by atoms with E-state index in [1.807, 2.05) is 17.0 Å². The van der Waals surface area contributed by atoms with Crippen LogP contribution < -0.4 is 10.1 Å². The summed E-state index contributed by atoms with van der Waals surface area (Å²) in [6, 6.07) is 8.87. The van der Waals surface area contributed by atoms with Crippen molar-refractivity contribution in [1.82, 2.24) is 15.1 Å². The van der Waals surface area contributed by atoms with Crippen molar-refractivity contribution in [1.29, 1.82) is 0 Å². The molecule has 0 aromatic heterocycles. The molecule has 1 atom stereocenters. The minimum atomic E-state index is 0.0658. The molecule has 5 nitrogen and oxygen atoms in total. The Bertz CT molecular complexity index is 623. The van der Waals surface area contributed by atoms with E-state index in [9.17, 15) is 4.79 Å². The number of rotatable bonds is 5. The molecule has 1 unspecified atom stereocenters. The number of nitrogens with one attached hydrogen (secondary N) is 1. The largest absolute Gasteiger partial charge is 0.496 e. The highest BCUT2D eigenvalue weighted by atomic mass is 16.5. The Kier molecular flexibility index (Phi) is 4.59. The first-order valence-corrected chi connectivity index (χ1v) is 9.62. The number of carbonyl (C=O) groups excluding carboxylic acids is 1. The summed E-state index contributed by atoms with van der Waals surface area (Å²) in [5.41, 5.74) is 1.30. The Hall–Kier alpha value is -1.75. The fourth-order valence-electron chi connectivity index (χ4n) is 4.46. The minimum absolute atomic E-state index is 0.0658. The van der Waals surface area contributed by atoms with E-state index in [1.54, 1.807) is 7.11 Å². The van der Waals surface area contributed by atoms with Gasteiger partial charge in [-0.05, 0) is 51.3 Å².